The molecule has 0 saturated heterocycles. The zero-order chi connectivity index (χ0) is 36.8. The summed E-state index contributed by atoms with van der Waals surface area (Å²) in [6, 6.07) is 0. The zero-order valence-corrected chi connectivity index (χ0v) is 33.2. The summed E-state index contributed by atoms with van der Waals surface area (Å²) in [4.78, 5) is 42.8. The van der Waals surface area contributed by atoms with E-state index in [0.29, 0.717) is 6.42 Å². The van der Waals surface area contributed by atoms with Gasteiger partial charge in [-0.2, -0.15) is 0 Å². The fourth-order valence-electron chi connectivity index (χ4n) is 5.87. The van der Waals surface area contributed by atoms with E-state index in [9.17, 15) is 14.2 Å². The van der Waals surface area contributed by atoms with E-state index in [1.165, 1.54) is 122 Å². The molecule has 0 saturated carbocycles. The number of carbonyl (C=O) groups excluding carboxylic acids is 2. The Kier molecular flexibility index (Phi) is 36.2. The first-order valence-electron chi connectivity index (χ1n) is 20.6. The molecule has 0 aromatic carbocycles. The predicted octanol–water partition coefficient (Wildman–Crippen LogP) is 12.4. The van der Waals surface area contributed by atoms with Crippen molar-refractivity contribution in [3.63, 3.8) is 0 Å². The van der Waals surface area contributed by atoms with Crippen molar-refractivity contribution in [2.75, 3.05) is 13.2 Å². The van der Waals surface area contributed by atoms with Gasteiger partial charge in [-0.3, -0.25) is 14.1 Å². The summed E-state index contributed by atoms with van der Waals surface area (Å²) in [5, 5.41) is 0. The highest BCUT2D eigenvalue weighted by Crippen LogP contribution is 2.36. The third-order valence-electron chi connectivity index (χ3n) is 8.97. The van der Waals surface area contributed by atoms with Gasteiger partial charge >= 0.3 is 19.8 Å². The van der Waals surface area contributed by atoms with Gasteiger partial charge < -0.3 is 19.3 Å². The van der Waals surface area contributed by atoms with Crippen LogP contribution in [0.4, 0.5) is 0 Å². The Labute approximate surface area is 307 Å². The summed E-state index contributed by atoms with van der Waals surface area (Å²) < 4.78 is 26.4. The fourth-order valence-corrected chi connectivity index (χ4v) is 6.23. The number of hydrogen-bond acceptors (Lipinski definition) is 6. The van der Waals surface area contributed by atoms with Gasteiger partial charge in [0, 0.05) is 12.8 Å². The number of rotatable bonds is 38. The molecule has 0 bridgehead atoms. The lowest BCUT2D eigenvalue weighted by Gasteiger charge is -2.18. The molecule has 294 valence electrons. The van der Waals surface area contributed by atoms with E-state index in [0.717, 1.165) is 51.4 Å². The van der Waals surface area contributed by atoms with Crippen LogP contribution < -0.4 is 0 Å². The van der Waals surface area contributed by atoms with E-state index >= 15 is 0 Å². The van der Waals surface area contributed by atoms with Crippen LogP contribution in [0.2, 0.25) is 0 Å². The van der Waals surface area contributed by atoms with Crippen LogP contribution in [0.15, 0.2) is 24.3 Å². The Bertz CT molecular complexity index is 869. The molecule has 0 rings (SSSR count). The monoisotopic (exact) mass is 729 g/mol. The first-order chi connectivity index (χ1) is 24.3. The average molecular weight is 729 g/mol. The lowest BCUT2D eigenvalue weighted by molar-refractivity contribution is -0.161. The standard InChI is InChI=1S/C41H77O8P/c1-3-5-7-9-11-13-15-17-19-20-22-24-26-28-30-32-34-36-41(43)49-39(38-48-50(44,45)46)37-47-40(42)35-33-31-29-27-25-23-21-18-16-14-12-10-8-6-4-2/h11,13,17,19,39H,3-10,12,14-16,18,20-38H2,1-2H3,(H2,44,45,46)/b13-11-,19-17-. The normalized spacial score (nSPS) is 12.6. The first-order valence-corrected chi connectivity index (χ1v) is 22.2. The predicted molar refractivity (Wildman–Crippen MR) is 207 cm³/mol. The Balaban J connectivity index is 3.92. The largest absolute Gasteiger partial charge is 0.469 e. The average Bonchev–Trinajstić information content (AvgIpc) is 3.08. The lowest BCUT2D eigenvalue weighted by atomic mass is 10.0. The molecule has 1 unspecified atom stereocenters. The lowest BCUT2D eigenvalue weighted by Crippen LogP contribution is -2.29. The van der Waals surface area contributed by atoms with Gasteiger partial charge in [-0.05, 0) is 44.9 Å². The van der Waals surface area contributed by atoms with Crippen LogP contribution in [0.3, 0.4) is 0 Å². The van der Waals surface area contributed by atoms with Crippen molar-refractivity contribution in [1.29, 1.82) is 0 Å². The smallest absolute Gasteiger partial charge is 0.462 e. The summed E-state index contributed by atoms with van der Waals surface area (Å²) in [5.41, 5.74) is 0. The van der Waals surface area contributed by atoms with Crippen molar-refractivity contribution in [1.82, 2.24) is 0 Å². The molecule has 0 fully saturated rings. The Morgan fingerprint density at radius 3 is 1.36 bits per heavy atom. The van der Waals surface area contributed by atoms with Gasteiger partial charge in [0.05, 0.1) is 6.61 Å². The topological polar surface area (TPSA) is 119 Å². The van der Waals surface area contributed by atoms with Gasteiger partial charge in [-0.15, -0.1) is 0 Å². The van der Waals surface area contributed by atoms with Crippen molar-refractivity contribution in [3.05, 3.63) is 24.3 Å². The van der Waals surface area contributed by atoms with Crippen molar-refractivity contribution in [3.8, 4) is 0 Å². The summed E-state index contributed by atoms with van der Waals surface area (Å²) in [5.74, 6) is -0.886. The number of esters is 2. The summed E-state index contributed by atoms with van der Waals surface area (Å²) in [6.45, 7) is 3.67. The number of phosphoric acid groups is 1. The van der Waals surface area contributed by atoms with Crippen LogP contribution in [-0.2, 0) is 28.2 Å². The minimum Gasteiger partial charge on any atom is -0.462 e. The van der Waals surface area contributed by atoms with E-state index in [-0.39, 0.29) is 19.4 Å². The molecule has 0 aromatic rings. The van der Waals surface area contributed by atoms with Gasteiger partial charge in [0.2, 0.25) is 0 Å². The molecule has 0 spiro atoms. The SMILES string of the molecule is CCCCC/C=C\C/C=C\CCCCCCCCCC(=O)OC(COC(=O)CCCCCCCCCCCCCCCCC)COP(=O)(O)O. The van der Waals surface area contributed by atoms with Gasteiger partial charge in [-0.1, -0.05) is 173 Å². The van der Waals surface area contributed by atoms with Crippen molar-refractivity contribution >= 4 is 19.8 Å². The van der Waals surface area contributed by atoms with E-state index in [4.69, 9.17) is 19.3 Å². The molecule has 50 heavy (non-hydrogen) atoms. The molecule has 0 aromatic heterocycles. The van der Waals surface area contributed by atoms with E-state index < -0.39 is 32.5 Å². The molecule has 0 radical (unpaired) electrons. The third-order valence-corrected chi connectivity index (χ3v) is 9.46. The number of carbonyl (C=O) groups is 2. The molecule has 0 aliphatic carbocycles. The fraction of sp³-hybridized carbons (Fsp3) is 0.854. The highest BCUT2D eigenvalue weighted by atomic mass is 31.2. The van der Waals surface area contributed by atoms with E-state index in [1.807, 2.05) is 0 Å². The summed E-state index contributed by atoms with van der Waals surface area (Å²) >= 11 is 0. The van der Waals surface area contributed by atoms with E-state index in [2.05, 4.69) is 42.7 Å². The maximum Gasteiger partial charge on any atom is 0.469 e. The van der Waals surface area contributed by atoms with Crippen molar-refractivity contribution in [2.45, 2.75) is 213 Å². The molecule has 0 heterocycles. The van der Waals surface area contributed by atoms with Crippen LogP contribution >= 0.6 is 7.82 Å². The summed E-state index contributed by atoms with van der Waals surface area (Å²) in [6.07, 6.45) is 41.8. The molecule has 8 nitrogen and oxygen atoms in total. The molecular weight excluding hydrogens is 651 g/mol. The molecular formula is C41H77O8P. The zero-order valence-electron chi connectivity index (χ0n) is 32.3. The van der Waals surface area contributed by atoms with Crippen LogP contribution in [0.25, 0.3) is 0 Å². The van der Waals surface area contributed by atoms with Gasteiger partial charge in [-0.25, -0.2) is 4.57 Å². The minimum atomic E-state index is -4.75. The minimum absolute atomic E-state index is 0.206. The van der Waals surface area contributed by atoms with E-state index in [1.54, 1.807) is 0 Å². The number of allylic oxidation sites excluding steroid dienone is 4. The molecule has 0 aliphatic heterocycles. The van der Waals surface area contributed by atoms with Crippen LogP contribution in [0.5, 0.6) is 0 Å². The number of hydrogen-bond donors (Lipinski definition) is 2. The number of phosphoric ester groups is 1. The second kappa shape index (κ2) is 37.3. The maximum absolute atomic E-state index is 12.4. The second-order valence-corrected chi connectivity index (χ2v) is 15.2. The number of unbranched alkanes of at least 4 members (excludes halogenated alkanes) is 24. The third kappa shape index (κ3) is 39.3. The van der Waals surface area contributed by atoms with Crippen LogP contribution in [-0.4, -0.2) is 41.0 Å². The molecule has 0 aliphatic rings. The van der Waals surface area contributed by atoms with Gasteiger partial charge in [0.1, 0.15) is 6.61 Å². The van der Waals surface area contributed by atoms with Crippen molar-refractivity contribution < 1.29 is 37.9 Å². The molecule has 9 heteroatoms. The summed E-state index contributed by atoms with van der Waals surface area (Å²) in [7, 11) is -4.75. The quantitative estimate of drug-likeness (QED) is 0.0279. The number of ether oxygens (including phenoxy) is 2. The Morgan fingerprint density at radius 2 is 0.900 bits per heavy atom. The van der Waals surface area contributed by atoms with Crippen molar-refractivity contribution in [2.24, 2.45) is 0 Å². The Morgan fingerprint density at radius 1 is 0.520 bits per heavy atom. The second-order valence-electron chi connectivity index (χ2n) is 14.0. The Hall–Kier alpha value is -1.47. The highest BCUT2D eigenvalue weighted by Gasteiger charge is 2.22. The van der Waals surface area contributed by atoms with Gasteiger partial charge in [0.15, 0.2) is 6.10 Å². The van der Waals surface area contributed by atoms with Crippen LogP contribution in [0, 0.1) is 0 Å². The first kappa shape index (κ1) is 48.5. The highest BCUT2D eigenvalue weighted by molar-refractivity contribution is 7.46. The molecule has 2 N–H and O–H groups in total. The molecule has 1 atom stereocenters. The van der Waals surface area contributed by atoms with Crippen LogP contribution in [0.1, 0.15) is 206 Å². The molecule has 0 amide bonds. The van der Waals surface area contributed by atoms with Gasteiger partial charge in [0.25, 0.3) is 0 Å². The maximum atomic E-state index is 12.4.